The number of carbonyl (C=O) groups excluding carboxylic acids is 1. The monoisotopic (exact) mass is 362 g/mol. The van der Waals surface area contributed by atoms with Gasteiger partial charge in [-0.2, -0.15) is 5.10 Å². The van der Waals surface area contributed by atoms with Gasteiger partial charge < -0.3 is 4.98 Å². The van der Waals surface area contributed by atoms with Gasteiger partial charge >= 0.3 is 0 Å². The van der Waals surface area contributed by atoms with E-state index >= 15 is 0 Å². The molecule has 0 spiro atoms. The Morgan fingerprint density at radius 2 is 1.88 bits per heavy atom. The second-order valence-corrected chi connectivity index (χ2v) is 6.95. The molecule has 6 heteroatoms. The number of benzene rings is 2. The van der Waals surface area contributed by atoms with Gasteiger partial charge in [-0.05, 0) is 36.1 Å². The van der Waals surface area contributed by atoms with Crippen LogP contribution in [0.3, 0.4) is 0 Å². The number of ketones is 1. The second-order valence-electron chi connectivity index (χ2n) is 6.54. The molecule has 2 aromatic heterocycles. The standard InChI is InChI=1S/C20H15ClN4O/c21-15-6-2-1-5-13(15)12-9-18-14(19(26)10-12)11-22-25(18)20-23-16-7-3-4-8-17(16)24-20/h1-8,11-12H,9-10H2,(H,23,24). The Bertz CT molecular complexity index is 1110. The number of carbonyl (C=O) groups is 1. The van der Waals surface area contributed by atoms with Crippen LogP contribution in [0.2, 0.25) is 5.02 Å². The second kappa shape index (κ2) is 5.81. The van der Waals surface area contributed by atoms with Gasteiger partial charge in [0.1, 0.15) is 0 Å². The number of halogens is 1. The summed E-state index contributed by atoms with van der Waals surface area (Å²) in [5.41, 5.74) is 4.37. The molecular formula is C20H15ClN4O. The summed E-state index contributed by atoms with van der Waals surface area (Å²) in [7, 11) is 0. The average Bonchev–Trinajstić information content (AvgIpc) is 3.25. The first-order chi connectivity index (χ1) is 12.7. The highest BCUT2D eigenvalue weighted by Crippen LogP contribution is 2.36. The molecule has 5 rings (SSSR count). The maximum absolute atomic E-state index is 12.7. The smallest absolute Gasteiger partial charge is 0.229 e. The van der Waals surface area contributed by atoms with Crippen LogP contribution in [0.25, 0.3) is 17.0 Å². The molecule has 0 saturated carbocycles. The van der Waals surface area contributed by atoms with Crippen LogP contribution >= 0.6 is 11.6 Å². The number of Topliss-reactive ketones (excluding diaryl/α,β-unsaturated/α-hetero) is 1. The van der Waals surface area contributed by atoms with Gasteiger partial charge in [-0.1, -0.05) is 41.9 Å². The first-order valence-electron chi connectivity index (χ1n) is 8.50. The van der Waals surface area contributed by atoms with Crippen molar-refractivity contribution in [2.24, 2.45) is 0 Å². The van der Waals surface area contributed by atoms with Gasteiger partial charge in [-0.3, -0.25) is 4.79 Å². The highest BCUT2D eigenvalue weighted by atomic mass is 35.5. The van der Waals surface area contributed by atoms with E-state index < -0.39 is 0 Å². The summed E-state index contributed by atoms with van der Waals surface area (Å²) in [4.78, 5) is 20.6. The van der Waals surface area contributed by atoms with E-state index in [1.807, 2.05) is 48.5 Å². The predicted molar refractivity (Wildman–Crippen MR) is 100 cm³/mol. The third-order valence-corrected chi connectivity index (χ3v) is 5.31. The van der Waals surface area contributed by atoms with Crippen molar-refractivity contribution in [1.82, 2.24) is 19.7 Å². The Hall–Kier alpha value is -2.92. The number of aromatic nitrogens is 4. The van der Waals surface area contributed by atoms with Gasteiger partial charge in [-0.25, -0.2) is 9.67 Å². The fourth-order valence-corrected chi connectivity index (χ4v) is 3.98. The molecule has 2 heterocycles. The van der Waals surface area contributed by atoms with Crippen LogP contribution in [0.4, 0.5) is 0 Å². The van der Waals surface area contributed by atoms with Gasteiger partial charge in [0, 0.05) is 11.4 Å². The van der Waals surface area contributed by atoms with E-state index in [1.165, 1.54) is 0 Å². The van der Waals surface area contributed by atoms with Crippen molar-refractivity contribution in [3.63, 3.8) is 0 Å². The predicted octanol–water partition coefficient (Wildman–Crippen LogP) is 4.31. The van der Waals surface area contributed by atoms with E-state index in [1.54, 1.807) is 10.9 Å². The number of hydrogen-bond acceptors (Lipinski definition) is 3. The molecule has 1 N–H and O–H groups in total. The van der Waals surface area contributed by atoms with Gasteiger partial charge in [0.15, 0.2) is 5.78 Å². The number of nitrogens with one attached hydrogen (secondary N) is 1. The first kappa shape index (κ1) is 15.3. The van der Waals surface area contributed by atoms with Crippen LogP contribution in [0.5, 0.6) is 0 Å². The fourth-order valence-electron chi connectivity index (χ4n) is 3.69. The molecule has 1 aliphatic rings. The molecule has 26 heavy (non-hydrogen) atoms. The molecule has 0 radical (unpaired) electrons. The highest BCUT2D eigenvalue weighted by Gasteiger charge is 2.31. The third-order valence-electron chi connectivity index (χ3n) is 4.96. The van der Waals surface area contributed by atoms with Crippen LogP contribution in [0.15, 0.2) is 54.7 Å². The fraction of sp³-hybridized carbons (Fsp3) is 0.150. The zero-order valence-electron chi connectivity index (χ0n) is 13.8. The topological polar surface area (TPSA) is 63.6 Å². The lowest BCUT2D eigenvalue weighted by atomic mass is 9.82. The van der Waals surface area contributed by atoms with Crippen molar-refractivity contribution in [3.8, 4) is 5.95 Å². The molecule has 0 saturated heterocycles. The summed E-state index contributed by atoms with van der Waals surface area (Å²) in [6.07, 6.45) is 2.79. The largest absolute Gasteiger partial charge is 0.322 e. The lowest BCUT2D eigenvalue weighted by Crippen LogP contribution is -2.20. The van der Waals surface area contributed by atoms with Gasteiger partial charge in [0.05, 0.1) is 28.5 Å². The van der Waals surface area contributed by atoms with Crippen LogP contribution < -0.4 is 0 Å². The molecule has 1 atom stereocenters. The van der Waals surface area contributed by atoms with Gasteiger partial charge in [-0.15, -0.1) is 0 Å². The Morgan fingerprint density at radius 3 is 2.73 bits per heavy atom. The maximum Gasteiger partial charge on any atom is 0.229 e. The number of fused-ring (bicyclic) bond motifs is 2. The van der Waals surface area contributed by atoms with E-state index in [-0.39, 0.29) is 11.7 Å². The molecule has 0 amide bonds. The number of aromatic amines is 1. The molecule has 5 nitrogen and oxygen atoms in total. The molecule has 0 bridgehead atoms. The number of rotatable bonds is 2. The maximum atomic E-state index is 12.7. The third kappa shape index (κ3) is 2.35. The van der Waals surface area contributed by atoms with Crippen LogP contribution in [-0.2, 0) is 6.42 Å². The SMILES string of the molecule is O=C1CC(c2ccccc2Cl)Cc2c1cnn2-c1nc2ccccc2[nH]1. The molecule has 1 aliphatic carbocycles. The van der Waals surface area contributed by atoms with E-state index in [2.05, 4.69) is 15.1 Å². The van der Waals surface area contributed by atoms with E-state index in [9.17, 15) is 4.79 Å². The molecule has 1 unspecified atom stereocenters. The van der Waals surface area contributed by atoms with Crippen molar-refractivity contribution in [3.05, 3.63) is 76.6 Å². The Balaban J connectivity index is 1.60. The number of H-pyrrole nitrogens is 1. The number of para-hydroxylation sites is 2. The van der Waals surface area contributed by atoms with E-state index in [0.717, 1.165) is 22.3 Å². The molecule has 4 aromatic rings. The Kier molecular flexibility index (Phi) is 3.43. The van der Waals surface area contributed by atoms with Crippen LogP contribution in [-0.4, -0.2) is 25.5 Å². The quantitative estimate of drug-likeness (QED) is 0.577. The van der Waals surface area contributed by atoms with Gasteiger partial charge in [0.2, 0.25) is 5.95 Å². The minimum Gasteiger partial charge on any atom is -0.322 e. The molecule has 128 valence electrons. The van der Waals surface area contributed by atoms with E-state index in [0.29, 0.717) is 29.4 Å². The Morgan fingerprint density at radius 1 is 1.08 bits per heavy atom. The van der Waals surface area contributed by atoms with Gasteiger partial charge in [0.25, 0.3) is 0 Å². The highest BCUT2D eigenvalue weighted by molar-refractivity contribution is 6.31. The van der Waals surface area contributed by atoms with Crippen molar-refractivity contribution < 1.29 is 4.79 Å². The lowest BCUT2D eigenvalue weighted by molar-refractivity contribution is 0.0964. The number of imidazole rings is 1. The van der Waals surface area contributed by atoms with Crippen LogP contribution in [0.1, 0.15) is 34.0 Å². The molecular weight excluding hydrogens is 348 g/mol. The van der Waals surface area contributed by atoms with Crippen molar-refractivity contribution in [2.75, 3.05) is 0 Å². The summed E-state index contributed by atoms with van der Waals surface area (Å²) in [5.74, 6) is 0.766. The van der Waals surface area contributed by atoms with Crippen molar-refractivity contribution in [1.29, 1.82) is 0 Å². The number of nitrogens with zero attached hydrogens (tertiary/aromatic N) is 3. The van der Waals surface area contributed by atoms with Crippen LogP contribution in [0, 0.1) is 0 Å². The van der Waals surface area contributed by atoms with E-state index in [4.69, 9.17) is 11.6 Å². The Labute approximate surface area is 154 Å². The summed E-state index contributed by atoms with van der Waals surface area (Å²) in [6.45, 7) is 0. The summed E-state index contributed by atoms with van der Waals surface area (Å²) in [6, 6.07) is 15.5. The zero-order chi connectivity index (χ0) is 17.7. The summed E-state index contributed by atoms with van der Waals surface area (Å²) >= 11 is 6.36. The molecule has 0 aliphatic heterocycles. The normalized spacial score (nSPS) is 16.8. The minimum atomic E-state index is 0.0449. The average molecular weight is 363 g/mol. The van der Waals surface area contributed by atoms with Crippen molar-refractivity contribution in [2.45, 2.75) is 18.8 Å². The lowest BCUT2D eigenvalue weighted by Gasteiger charge is -2.23. The molecule has 0 fully saturated rings. The zero-order valence-corrected chi connectivity index (χ0v) is 14.6. The minimum absolute atomic E-state index is 0.0449. The molecule has 2 aromatic carbocycles. The summed E-state index contributed by atoms with van der Waals surface area (Å²) < 4.78 is 1.75. The summed E-state index contributed by atoms with van der Waals surface area (Å²) in [5, 5.41) is 5.13. The first-order valence-corrected chi connectivity index (χ1v) is 8.88. The number of hydrogen-bond donors (Lipinski definition) is 1. The van der Waals surface area contributed by atoms with Crippen molar-refractivity contribution >= 4 is 28.4 Å².